The van der Waals surface area contributed by atoms with Gasteiger partial charge in [0.1, 0.15) is 0 Å². The van der Waals surface area contributed by atoms with E-state index < -0.39 is 6.09 Å². The highest BCUT2D eigenvalue weighted by Crippen LogP contribution is 2.17. The van der Waals surface area contributed by atoms with Crippen molar-refractivity contribution in [1.29, 1.82) is 0 Å². The van der Waals surface area contributed by atoms with Crippen LogP contribution in [0.5, 0.6) is 0 Å². The fraction of sp³-hybridized carbons (Fsp3) is 0.889. The monoisotopic (exact) mass is 265 g/mol. The van der Waals surface area contributed by atoms with E-state index in [4.69, 9.17) is 9.84 Å². The summed E-state index contributed by atoms with van der Waals surface area (Å²) in [6.45, 7) is 1.90. The van der Waals surface area contributed by atoms with Crippen LogP contribution in [0, 0.1) is 0 Å². The SMILES string of the molecule is O=C(O)N1CCC[C@H]1COCCCBr. The van der Waals surface area contributed by atoms with Crippen molar-refractivity contribution in [2.45, 2.75) is 25.3 Å². The summed E-state index contributed by atoms with van der Waals surface area (Å²) in [4.78, 5) is 12.2. The van der Waals surface area contributed by atoms with Gasteiger partial charge in [-0.2, -0.15) is 0 Å². The summed E-state index contributed by atoms with van der Waals surface area (Å²) in [6, 6.07) is 0.0721. The van der Waals surface area contributed by atoms with E-state index in [1.165, 1.54) is 4.90 Å². The van der Waals surface area contributed by atoms with Crippen LogP contribution < -0.4 is 0 Å². The predicted molar refractivity (Wildman–Crippen MR) is 57.0 cm³/mol. The molecule has 1 rings (SSSR count). The van der Waals surface area contributed by atoms with Gasteiger partial charge in [0.15, 0.2) is 0 Å². The summed E-state index contributed by atoms with van der Waals surface area (Å²) in [7, 11) is 0. The van der Waals surface area contributed by atoms with Gasteiger partial charge in [-0.25, -0.2) is 4.79 Å². The average Bonchev–Trinajstić information content (AvgIpc) is 2.60. The number of amides is 1. The molecule has 0 radical (unpaired) electrons. The lowest BCUT2D eigenvalue weighted by atomic mass is 10.2. The van der Waals surface area contributed by atoms with Crippen molar-refractivity contribution in [2.24, 2.45) is 0 Å². The van der Waals surface area contributed by atoms with Crippen molar-refractivity contribution < 1.29 is 14.6 Å². The van der Waals surface area contributed by atoms with E-state index in [9.17, 15) is 4.79 Å². The van der Waals surface area contributed by atoms with Crippen molar-refractivity contribution in [2.75, 3.05) is 25.1 Å². The second kappa shape index (κ2) is 6.24. The summed E-state index contributed by atoms with van der Waals surface area (Å²) in [5.41, 5.74) is 0. The highest BCUT2D eigenvalue weighted by molar-refractivity contribution is 9.09. The lowest BCUT2D eigenvalue weighted by Crippen LogP contribution is -2.37. The lowest BCUT2D eigenvalue weighted by Gasteiger charge is -2.21. The minimum atomic E-state index is -0.823. The second-order valence-corrected chi connectivity index (χ2v) is 4.18. The van der Waals surface area contributed by atoms with Crippen molar-refractivity contribution >= 4 is 22.0 Å². The molecule has 1 aliphatic rings. The third kappa shape index (κ3) is 3.46. The normalized spacial score (nSPS) is 21.5. The molecule has 4 nitrogen and oxygen atoms in total. The smallest absolute Gasteiger partial charge is 0.407 e. The number of nitrogens with zero attached hydrogens (tertiary/aromatic N) is 1. The Morgan fingerprint density at radius 2 is 2.43 bits per heavy atom. The van der Waals surface area contributed by atoms with Gasteiger partial charge in [-0.3, -0.25) is 0 Å². The molecular weight excluding hydrogens is 250 g/mol. The minimum Gasteiger partial charge on any atom is -0.465 e. The second-order valence-electron chi connectivity index (χ2n) is 3.39. The molecule has 0 spiro atoms. The first-order valence-corrected chi connectivity index (χ1v) is 6.01. The highest BCUT2D eigenvalue weighted by Gasteiger charge is 2.28. The van der Waals surface area contributed by atoms with Gasteiger partial charge in [0, 0.05) is 18.5 Å². The topological polar surface area (TPSA) is 49.8 Å². The number of carboxylic acid groups (broad SMARTS) is 1. The molecule has 1 heterocycles. The summed E-state index contributed by atoms with van der Waals surface area (Å²) < 4.78 is 5.40. The Balaban J connectivity index is 2.19. The molecule has 0 bridgehead atoms. The molecule has 0 aromatic heterocycles. The molecule has 1 fully saturated rings. The van der Waals surface area contributed by atoms with Crippen LogP contribution in [-0.4, -0.2) is 47.2 Å². The van der Waals surface area contributed by atoms with E-state index in [0.717, 1.165) is 24.6 Å². The Morgan fingerprint density at radius 1 is 1.64 bits per heavy atom. The maximum Gasteiger partial charge on any atom is 0.407 e. The van der Waals surface area contributed by atoms with Crippen LogP contribution in [0.2, 0.25) is 0 Å². The molecule has 1 atom stereocenters. The zero-order valence-corrected chi connectivity index (χ0v) is 9.70. The van der Waals surface area contributed by atoms with Crippen LogP contribution in [0.3, 0.4) is 0 Å². The van der Waals surface area contributed by atoms with Gasteiger partial charge in [-0.05, 0) is 19.3 Å². The molecule has 14 heavy (non-hydrogen) atoms. The first kappa shape index (κ1) is 11.8. The van der Waals surface area contributed by atoms with Crippen LogP contribution in [-0.2, 0) is 4.74 Å². The number of rotatable bonds is 5. The summed E-state index contributed by atoms with van der Waals surface area (Å²) >= 11 is 3.31. The van der Waals surface area contributed by atoms with Crippen molar-refractivity contribution in [3.63, 3.8) is 0 Å². The van der Waals surface area contributed by atoms with Crippen LogP contribution in [0.15, 0.2) is 0 Å². The largest absolute Gasteiger partial charge is 0.465 e. The van der Waals surface area contributed by atoms with Crippen LogP contribution in [0.1, 0.15) is 19.3 Å². The van der Waals surface area contributed by atoms with E-state index in [1.807, 2.05) is 0 Å². The van der Waals surface area contributed by atoms with Gasteiger partial charge in [0.2, 0.25) is 0 Å². The Bertz CT molecular complexity index is 189. The molecule has 1 aliphatic heterocycles. The Labute approximate surface area is 92.3 Å². The van der Waals surface area contributed by atoms with Gasteiger partial charge in [0.25, 0.3) is 0 Å². The Morgan fingerprint density at radius 3 is 3.07 bits per heavy atom. The minimum absolute atomic E-state index is 0.0721. The molecule has 0 aromatic carbocycles. The fourth-order valence-corrected chi connectivity index (χ4v) is 1.87. The predicted octanol–water partition coefficient (Wildman–Crippen LogP) is 1.93. The molecule has 1 amide bonds. The van der Waals surface area contributed by atoms with E-state index in [2.05, 4.69) is 15.9 Å². The van der Waals surface area contributed by atoms with Gasteiger partial charge < -0.3 is 14.7 Å². The first-order valence-electron chi connectivity index (χ1n) is 4.89. The zero-order chi connectivity index (χ0) is 10.4. The quantitative estimate of drug-likeness (QED) is 0.611. The van der Waals surface area contributed by atoms with Gasteiger partial charge >= 0.3 is 6.09 Å². The molecular formula is C9H16BrNO3. The first-order chi connectivity index (χ1) is 6.75. The molecule has 1 saturated heterocycles. The van der Waals surface area contributed by atoms with Crippen molar-refractivity contribution in [3.05, 3.63) is 0 Å². The summed E-state index contributed by atoms with van der Waals surface area (Å²) in [5, 5.41) is 9.78. The van der Waals surface area contributed by atoms with E-state index in [1.54, 1.807) is 0 Å². The summed E-state index contributed by atoms with van der Waals surface area (Å²) in [6.07, 6.45) is 2.04. The van der Waals surface area contributed by atoms with E-state index in [-0.39, 0.29) is 6.04 Å². The fourth-order valence-electron chi connectivity index (χ4n) is 1.64. The molecule has 82 valence electrons. The standard InChI is InChI=1S/C9H16BrNO3/c10-4-2-6-14-7-8-3-1-5-11(8)9(12)13/h8H,1-7H2,(H,12,13)/t8-/m0/s1. The third-order valence-electron chi connectivity index (χ3n) is 2.36. The highest BCUT2D eigenvalue weighted by atomic mass is 79.9. The van der Waals surface area contributed by atoms with Crippen LogP contribution in [0.4, 0.5) is 4.79 Å². The Hall–Kier alpha value is -0.290. The van der Waals surface area contributed by atoms with E-state index in [0.29, 0.717) is 19.8 Å². The molecule has 0 unspecified atom stereocenters. The number of alkyl halides is 1. The molecule has 0 saturated carbocycles. The molecule has 1 N–H and O–H groups in total. The lowest BCUT2D eigenvalue weighted by molar-refractivity contribution is 0.0734. The number of carbonyl (C=O) groups is 1. The molecule has 0 aromatic rings. The van der Waals surface area contributed by atoms with Gasteiger partial charge in [0.05, 0.1) is 12.6 Å². The zero-order valence-electron chi connectivity index (χ0n) is 8.12. The number of ether oxygens (including phenoxy) is 1. The average molecular weight is 266 g/mol. The maximum atomic E-state index is 10.8. The number of likely N-dealkylation sites (tertiary alicyclic amines) is 1. The molecule has 0 aliphatic carbocycles. The summed E-state index contributed by atoms with van der Waals surface area (Å²) in [5.74, 6) is 0. The third-order valence-corrected chi connectivity index (χ3v) is 2.92. The van der Waals surface area contributed by atoms with E-state index >= 15 is 0 Å². The maximum absolute atomic E-state index is 10.8. The van der Waals surface area contributed by atoms with Crippen molar-refractivity contribution in [1.82, 2.24) is 4.90 Å². The van der Waals surface area contributed by atoms with Crippen LogP contribution >= 0.6 is 15.9 Å². The van der Waals surface area contributed by atoms with Gasteiger partial charge in [-0.15, -0.1) is 0 Å². The molecule has 5 heteroatoms. The Kier molecular flexibility index (Phi) is 5.25. The van der Waals surface area contributed by atoms with Crippen LogP contribution in [0.25, 0.3) is 0 Å². The number of halogens is 1. The number of hydrogen-bond donors (Lipinski definition) is 1. The number of hydrogen-bond acceptors (Lipinski definition) is 2. The van der Waals surface area contributed by atoms with Gasteiger partial charge in [-0.1, -0.05) is 15.9 Å². The van der Waals surface area contributed by atoms with Crippen molar-refractivity contribution in [3.8, 4) is 0 Å².